The average molecular weight is 526 g/mol. The number of carbonyl (C=O) groups is 1. The third kappa shape index (κ3) is 5.80. The molecule has 0 saturated heterocycles. The van der Waals surface area contributed by atoms with Crippen molar-refractivity contribution in [1.29, 1.82) is 0 Å². The van der Waals surface area contributed by atoms with E-state index in [9.17, 15) is 4.79 Å². The molecule has 5 aromatic rings. The minimum atomic E-state index is -0.332. The van der Waals surface area contributed by atoms with E-state index in [4.69, 9.17) is 32.9 Å². The third-order valence-corrected chi connectivity index (χ3v) is 6.44. The number of aromatic nitrogens is 1. The summed E-state index contributed by atoms with van der Waals surface area (Å²) in [5, 5.41) is 5.92. The van der Waals surface area contributed by atoms with Gasteiger partial charge in [0.15, 0.2) is 0 Å². The molecule has 0 spiro atoms. The van der Waals surface area contributed by atoms with Gasteiger partial charge in [-0.15, -0.1) is 0 Å². The molecule has 1 amide bonds. The molecule has 0 aliphatic heterocycles. The van der Waals surface area contributed by atoms with Crippen molar-refractivity contribution in [2.75, 3.05) is 0 Å². The first-order valence-corrected chi connectivity index (χ1v) is 12.3. The highest BCUT2D eigenvalue weighted by atomic mass is 35.5. The maximum absolute atomic E-state index is 13.2. The average Bonchev–Trinajstić information content (AvgIpc) is 2.94. The Labute approximate surface area is 224 Å². The summed E-state index contributed by atoms with van der Waals surface area (Å²) < 4.78 is 5.97. The number of benzene rings is 4. The molecule has 0 radical (unpaired) electrons. The van der Waals surface area contributed by atoms with Gasteiger partial charge in [0.05, 0.1) is 33.0 Å². The van der Waals surface area contributed by atoms with Gasteiger partial charge in [0.1, 0.15) is 12.4 Å². The van der Waals surface area contributed by atoms with Gasteiger partial charge in [-0.3, -0.25) is 4.79 Å². The lowest BCUT2D eigenvalue weighted by Gasteiger charge is -2.10. The Kier molecular flexibility index (Phi) is 7.45. The van der Waals surface area contributed by atoms with Gasteiger partial charge in [0.25, 0.3) is 5.91 Å². The van der Waals surface area contributed by atoms with Crippen LogP contribution in [0.2, 0.25) is 10.0 Å². The molecule has 7 heteroatoms. The molecule has 0 saturated carbocycles. The monoisotopic (exact) mass is 525 g/mol. The third-order valence-electron chi connectivity index (χ3n) is 5.70. The molecule has 4 aromatic carbocycles. The first-order chi connectivity index (χ1) is 18.1. The van der Waals surface area contributed by atoms with Crippen LogP contribution in [0.1, 0.15) is 21.5 Å². The maximum Gasteiger partial charge on any atom is 0.272 e. The molecule has 0 bridgehead atoms. The van der Waals surface area contributed by atoms with Crippen LogP contribution in [-0.4, -0.2) is 17.1 Å². The van der Waals surface area contributed by atoms with Crippen LogP contribution in [0, 0.1) is 0 Å². The van der Waals surface area contributed by atoms with Crippen LogP contribution in [0.15, 0.2) is 108 Å². The number of nitrogens with zero attached hydrogens (tertiary/aromatic N) is 2. The number of rotatable bonds is 7. The van der Waals surface area contributed by atoms with E-state index in [0.717, 1.165) is 27.7 Å². The smallest absolute Gasteiger partial charge is 0.272 e. The quantitative estimate of drug-likeness (QED) is 0.176. The van der Waals surface area contributed by atoms with Gasteiger partial charge in [-0.2, -0.15) is 5.10 Å². The van der Waals surface area contributed by atoms with Crippen molar-refractivity contribution in [2.24, 2.45) is 5.10 Å². The van der Waals surface area contributed by atoms with Gasteiger partial charge in [-0.25, -0.2) is 10.4 Å². The van der Waals surface area contributed by atoms with Gasteiger partial charge in [-0.1, -0.05) is 89.9 Å². The number of pyridine rings is 1. The van der Waals surface area contributed by atoms with Crippen LogP contribution in [0.25, 0.3) is 22.2 Å². The Bertz CT molecular complexity index is 1600. The lowest BCUT2D eigenvalue weighted by Crippen LogP contribution is -2.18. The number of hydrogen-bond donors (Lipinski definition) is 1. The molecule has 1 aromatic heterocycles. The van der Waals surface area contributed by atoms with Crippen molar-refractivity contribution in [3.05, 3.63) is 130 Å². The van der Waals surface area contributed by atoms with E-state index in [-0.39, 0.29) is 5.91 Å². The normalized spacial score (nSPS) is 11.1. The lowest BCUT2D eigenvalue weighted by atomic mass is 10.0. The Morgan fingerprint density at radius 3 is 2.46 bits per heavy atom. The summed E-state index contributed by atoms with van der Waals surface area (Å²) in [4.78, 5) is 17.9. The van der Waals surface area contributed by atoms with Gasteiger partial charge in [-0.05, 0) is 42.0 Å². The minimum Gasteiger partial charge on any atom is -0.488 e. The SMILES string of the molecule is O=C(N/N=C/c1ccccc1OCc1ccc(Cl)c(Cl)c1)c1cc(-c2ccccc2)nc2ccccc12. The van der Waals surface area contributed by atoms with Crippen molar-refractivity contribution < 1.29 is 9.53 Å². The predicted octanol–water partition coefficient (Wildman–Crippen LogP) is 7.55. The molecule has 0 fully saturated rings. The number of hydrogen-bond acceptors (Lipinski definition) is 4. The first kappa shape index (κ1) is 24.5. The molecule has 5 nitrogen and oxygen atoms in total. The predicted molar refractivity (Wildman–Crippen MR) is 149 cm³/mol. The summed E-state index contributed by atoms with van der Waals surface area (Å²) in [6, 6.07) is 31.9. The van der Waals surface area contributed by atoms with Crippen molar-refractivity contribution in [1.82, 2.24) is 10.4 Å². The van der Waals surface area contributed by atoms with E-state index in [0.29, 0.717) is 33.5 Å². The zero-order valence-corrected chi connectivity index (χ0v) is 21.1. The van der Waals surface area contributed by atoms with Crippen LogP contribution in [0.4, 0.5) is 0 Å². The number of hydrazone groups is 1. The highest BCUT2D eigenvalue weighted by Gasteiger charge is 2.13. The summed E-state index contributed by atoms with van der Waals surface area (Å²) in [7, 11) is 0. The van der Waals surface area contributed by atoms with Crippen molar-refractivity contribution in [3.63, 3.8) is 0 Å². The number of nitrogens with one attached hydrogen (secondary N) is 1. The molecule has 1 N–H and O–H groups in total. The number of amides is 1. The summed E-state index contributed by atoms with van der Waals surface area (Å²) in [6.07, 6.45) is 1.56. The van der Waals surface area contributed by atoms with Crippen LogP contribution in [0.5, 0.6) is 5.75 Å². The fourth-order valence-corrected chi connectivity index (χ4v) is 4.17. The van der Waals surface area contributed by atoms with Gasteiger partial charge < -0.3 is 4.74 Å². The van der Waals surface area contributed by atoms with Crippen molar-refractivity contribution in [3.8, 4) is 17.0 Å². The van der Waals surface area contributed by atoms with Crippen LogP contribution in [-0.2, 0) is 6.61 Å². The maximum atomic E-state index is 13.2. The Morgan fingerprint density at radius 2 is 1.62 bits per heavy atom. The molecular weight excluding hydrogens is 505 g/mol. The van der Waals surface area contributed by atoms with E-state index in [1.54, 1.807) is 24.4 Å². The van der Waals surface area contributed by atoms with E-state index in [1.165, 1.54) is 0 Å². The highest BCUT2D eigenvalue weighted by Crippen LogP contribution is 2.26. The van der Waals surface area contributed by atoms with Crippen LogP contribution >= 0.6 is 23.2 Å². The second-order valence-corrected chi connectivity index (χ2v) is 9.03. The van der Waals surface area contributed by atoms with Crippen LogP contribution < -0.4 is 10.2 Å². The molecule has 182 valence electrons. The van der Waals surface area contributed by atoms with Gasteiger partial charge in [0, 0.05) is 16.5 Å². The van der Waals surface area contributed by atoms with Crippen LogP contribution in [0.3, 0.4) is 0 Å². The van der Waals surface area contributed by atoms with Crippen molar-refractivity contribution in [2.45, 2.75) is 6.61 Å². The minimum absolute atomic E-state index is 0.305. The van der Waals surface area contributed by atoms with Gasteiger partial charge >= 0.3 is 0 Å². The number of fused-ring (bicyclic) bond motifs is 1. The molecule has 37 heavy (non-hydrogen) atoms. The van der Waals surface area contributed by atoms with E-state index >= 15 is 0 Å². The Balaban J connectivity index is 1.35. The molecule has 0 atom stereocenters. The zero-order valence-electron chi connectivity index (χ0n) is 19.6. The molecule has 1 heterocycles. The second-order valence-electron chi connectivity index (χ2n) is 8.21. The molecular formula is C30H21Cl2N3O2. The molecule has 5 rings (SSSR count). The first-order valence-electron chi connectivity index (χ1n) is 11.5. The number of ether oxygens (including phenoxy) is 1. The summed E-state index contributed by atoms with van der Waals surface area (Å²) in [5.41, 5.74) is 7.12. The summed E-state index contributed by atoms with van der Waals surface area (Å²) in [6.45, 7) is 0.305. The standard InChI is InChI=1S/C30H21Cl2N3O2/c31-25-15-14-20(16-26(25)32)19-37-29-13-7-4-10-22(29)18-33-35-30(36)24-17-28(21-8-2-1-3-9-21)34-27-12-6-5-11-23(24)27/h1-18H,19H2,(H,35,36)/b33-18+. The molecule has 0 aliphatic carbocycles. The Morgan fingerprint density at radius 1 is 0.865 bits per heavy atom. The topological polar surface area (TPSA) is 63.6 Å². The van der Waals surface area contributed by atoms with Crippen molar-refractivity contribution >= 4 is 46.2 Å². The van der Waals surface area contributed by atoms with E-state index < -0.39 is 0 Å². The van der Waals surface area contributed by atoms with E-state index in [1.807, 2.05) is 84.9 Å². The largest absolute Gasteiger partial charge is 0.488 e. The second kappa shape index (κ2) is 11.2. The summed E-state index contributed by atoms with van der Waals surface area (Å²) in [5.74, 6) is 0.286. The highest BCUT2D eigenvalue weighted by molar-refractivity contribution is 6.42. The lowest BCUT2D eigenvalue weighted by molar-refractivity contribution is 0.0956. The van der Waals surface area contributed by atoms with E-state index in [2.05, 4.69) is 10.5 Å². The molecule has 0 aliphatic rings. The zero-order chi connectivity index (χ0) is 25.6. The molecule has 0 unspecified atom stereocenters. The number of halogens is 2. The Hall–Kier alpha value is -4.19. The fraction of sp³-hybridized carbons (Fsp3) is 0.0333. The van der Waals surface area contributed by atoms with Gasteiger partial charge in [0.2, 0.25) is 0 Å². The number of carbonyl (C=O) groups excluding carboxylic acids is 1. The summed E-state index contributed by atoms with van der Waals surface area (Å²) >= 11 is 12.1. The number of para-hydroxylation sites is 2. The fourth-order valence-electron chi connectivity index (χ4n) is 3.85.